The van der Waals surface area contributed by atoms with Crippen LogP contribution in [0.3, 0.4) is 0 Å². The van der Waals surface area contributed by atoms with Crippen molar-refractivity contribution < 1.29 is 13.9 Å². The zero-order chi connectivity index (χ0) is 20.3. The predicted molar refractivity (Wildman–Crippen MR) is 105 cm³/mol. The van der Waals surface area contributed by atoms with Gasteiger partial charge in [-0.1, -0.05) is 19.9 Å². The molecule has 0 radical (unpaired) electrons. The van der Waals surface area contributed by atoms with Gasteiger partial charge in [-0.05, 0) is 61.2 Å². The van der Waals surface area contributed by atoms with E-state index in [9.17, 15) is 9.18 Å². The summed E-state index contributed by atoms with van der Waals surface area (Å²) < 4.78 is 21.4. The normalized spacial score (nSPS) is 12.1. The Morgan fingerprint density at radius 1 is 1.18 bits per heavy atom. The van der Waals surface area contributed by atoms with E-state index in [4.69, 9.17) is 4.74 Å². The van der Waals surface area contributed by atoms with Gasteiger partial charge >= 0.3 is 0 Å². The Labute approximate surface area is 163 Å². The van der Waals surface area contributed by atoms with Crippen LogP contribution < -0.4 is 10.1 Å². The molecule has 3 aromatic rings. The molecule has 0 saturated carbocycles. The summed E-state index contributed by atoms with van der Waals surface area (Å²) in [7, 11) is 0. The molecule has 0 bridgehead atoms. The van der Waals surface area contributed by atoms with Gasteiger partial charge < -0.3 is 10.1 Å². The molecule has 0 spiro atoms. The molecule has 1 heterocycles. The Morgan fingerprint density at radius 3 is 2.57 bits per heavy atom. The second kappa shape index (κ2) is 8.21. The van der Waals surface area contributed by atoms with Crippen LogP contribution in [0, 0.1) is 12.7 Å². The molecule has 0 saturated heterocycles. The number of aryl methyl sites for hydroxylation is 1. The minimum atomic E-state index is -0.734. The van der Waals surface area contributed by atoms with Crippen molar-refractivity contribution in [1.29, 1.82) is 0 Å². The summed E-state index contributed by atoms with van der Waals surface area (Å²) >= 11 is 0. The largest absolute Gasteiger partial charge is 0.481 e. The molecule has 0 aliphatic carbocycles. The van der Waals surface area contributed by atoms with Gasteiger partial charge in [0, 0.05) is 5.69 Å². The average Bonchev–Trinajstić information content (AvgIpc) is 3.15. The van der Waals surface area contributed by atoms with Crippen molar-refractivity contribution in [2.24, 2.45) is 0 Å². The molecule has 0 aliphatic heterocycles. The maximum absolute atomic E-state index is 14.3. The third-order valence-corrected chi connectivity index (χ3v) is 4.43. The van der Waals surface area contributed by atoms with Gasteiger partial charge in [-0.3, -0.25) is 4.79 Å². The first kappa shape index (κ1) is 19.5. The maximum atomic E-state index is 14.3. The van der Waals surface area contributed by atoms with Gasteiger partial charge in [-0.15, -0.1) is 0 Å². The molecule has 3 rings (SSSR count). The monoisotopic (exact) mass is 382 g/mol. The van der Waals surface area contributed by atoms with Crippen LogP contribution >= 0.6 is 0 Å². The number of nitrogens with one attached hydrogen (secondary N) is 1. The van der Waals surface area contributed by atoms with Crippen molar-refractivity contribution in [1.82, 2.24) is 14.8 Å². The molecular weight excluding hydrogens is 359 g/mol. The molecule has 28 heavy (non-hydrogen) atoms. The molecule has 6 nitrogen and oxygen atoms in total. The van der Waals surface area contributed by atoms with Crippen LogP contribution in [-0.2, 0) is 4.79 Å². The summed E-state index contributed by atoms with van der Waals surface area (Å²) in [6, 6.07) is 10.2. The van der Waals surface area contributed by atoms with E-state index in [1.165, 1.54) is 35.0 Å². The highest BCUT2D eigenvalue weighted by molar-refractivity contribution is 5.94. The summed E-state index contributed by atoms with van der Waals surface area (Å²) in [6.45, 7) is 7.94. The fourth-order valence-corrected chi connectivity index (χ4v) is 2.97. The fourth-order valence-electron chi connectivity index (χ4n) is 2.97. The minimum absolute atomic E-state index is 0.250. The van der Waals surface area contributed by atoms with Gasteiger partial charge in [0.25, 0.3) is 5.91 Å². The summed E-state index contributed by atoms with van der Waals surface area (Å²) in [6.07, 6.45) is 1.99. The van der Waals surface area contributed by atoms with E-state index in [1.807, 2.05) is 25.1 Å². The molecule has 1 unspecified atom stereocenters. The molecule has 146 valence electrons. The van der Waals surface area contributed by atoms with E-state index in [-0.39, 0.29) is 11.6 Å². The lowest BCUT2D eigenvalue weighted by molar-refractivity contribution is -0.122. The molecule has 0 aliphatic rings. The van der Waals surface area contributed by atoms with Crippen molar-refractivity contribution in [3.8, 4) is 11.4 Å². The SMILES string of the molecule is Cc1cc(OC(C)C(=O)Nc2ccc(-n3cncn3)c(F)c2)ccc1C(C)C. The van der Waals surface area contributed by atoms with E-state index in [1.54, 1.807) is 13.0 Å². The lowest BCUT2D eigenvalue weighted by atomic mass is 9.98. The zero-order valence-corrected chi connectivity index (χ0v) is 16.3. The molecule has 1 atom stereocenters. The van der Waals surface area contributed by atoms with Crippen LogP contribution in [0.25, 0.3) is 5.69 Å². The molecule has 2 aromatic carbocycles. The average molecular weight is 382 g/mol. The standard InChI is InChI=1S/C21H23FN4O2/c1-13(2)18-7-6-17(9-14(18)3)28-15(4)21(27)25-16-5-8-20(19(22)10-16)26-12-23-11-24-26/h5-13,15H,1-4H3,(H,25,27). The number of hydrogen-bond donors (Lipinski definition) is 1. The maximum Gasteiger partial charge on any atom is 0.265 e. The van der Waals surface area contributed by atoms with Crippen molar-refractivity contribution in [3.63, 3.8) is 0 Å². The highest BCUT2D eigenvalue weighted by atomic mass is 19.1. The van der Waals surface area contributed by atoms with Crippen molar-refractivity contribution in [2.75, 3.05) is 5.32 Å². The van der Waals surface area contributed by atoms with E-state index >= 15 is 0 Å². The number of halogens is 1. The summed E-state index contributed by atoms with van der Waals surface area (Å²) in [5, 5.41) is 6.57. The van der Waals surface area contributed by atoms with E-state index in [0.717, 1.165) is 5.56 Å². The number of ether oxygens (including phenoxy) is 1. The highest BCUT2D eigenvalue weighted by Crippen LogP contribution is 2.24. The topological polar surface area (TPSA) is 69.0 Å². The van der Waals surface area contributed by atoms with Crippen molar-refractivity contribution in [2.45, 2.75) is 39.7 Å². The lowest BCUT2D eigenvalue weighted by Crippen LogP contribution is -2.30. The first-order valence-corrected chi connectivity index (χ1v) is 9.07. The van der Waals surface area contributed by atoms with E-state index < -0.39 is 11.9 Å². The number of aromatic nitrogens is 3. The smallest absolute Gasteiger partial charge is 0.265 e. The van der Waals surface area contributed by atoms with Crippen molar-refractivity contribution in [3.05, 3.63) is 66.0 Å². The van der Waals surface area contributed by atoms with Gasteiger partial charge in [0.2, 0.25) is 0 Å². The number of anilines is 1. The first-order valence-electron chi connectivity index (χ1n) is 9.07. The molecule has 0 fully saturated rings. The molecule has 7 heteroatoms. The molecular formula is C21H23FN4O2. The van der Waals surface area contributed by atoms with E-state index in [0.29, 0.717) is 17.4 Å². The van der Waals surface area contributed by atoms with E-state index in [2.05, 4.69) is 29.2 Å². The van der Waals surface area contributed by atoms with Gasteiger partial charge in [-0.2, -0.15) is 5.10 Å². The zero-order valence-electron chi connectivity index (χ0n) is 16.3. The van der Waals surface area contributed by atoms with Crippen LogP contribution in [0.1, 0.15) is 37.8 Å². The fraction of sp³-hybridized carbons (Fsp3) is 0.286. The van der Waals surface area contributed by atoms with Crippen LogP contribution in [0.5, 0.6) is 5.75 Å². The first-order chi connectivity index (χ1) is 13.3. The van der Waals surface area contributed by atoms with Crippen LogP contribution in [0.15, 0.2) is 49.1 Å². The number of rotatable bonds is 6. The molecule has 1 amide bonds. The number of benzene rings is 2. The Hall–Kier alpha value is -3.22. The minimum Gasteiger partial charge on any atom is -0.481 e. The van der Waals surface area contributed by atoms with Crippen molar-refractivity contribution >= 4 is 11.6 Å². The van der Waals surface area contributed by atoms with Crippen LogP contribution in [0.4, 0.5) is 10.1 Å². The third kappa shape index (κ3) is 4.36. The molecule has 1 N–H and O–H groups in total. The van der Waals surface area contributed by atoms with Crippen LogP contribution in [0.2, 0.25) is 0 Å². The number of carbonyl (C=O) groups is 1. The number of amides is 1. The second-order valence-electron chi connectivity index (χ2n) is 6.93. The summed E-state index contributed by atoms with van der Waals surface area (Å²) in [4.78, 5) is 16.2. The Kier molecular flexibility index (Phi) is 5.73. The highest BCUT2D eigenvalue weighted by Gasteiger charge is 2.17. The number of nitrogens with zero attached hydrogens (tertiary/aromatic N) is 3. The number of hydrogen-bond acceptors (Lipinski definition) is 4. The van der Waals surface area contributed by atoms with Gasteiger partial charge in [0.1, 0.15) is 24.1 Å². The summed E-state index contributed by atoms with van der Waals surface area (Å²) in [5.74, 6) is 0.165. The summed E-state index contributed by atoms with van der Waals surface area (Å²) in [5.41, 5.74) is 2.95. The Bertz CT molecular complexity index is 971. The second-order valence-corrected chi connectivity index (χ2v) is 6.93. The third-order valence-electron chi connectivity index (χ3n) is 4.43. The quantitative estimate of drug-likeness (QED) is 0.692. The Morgan fingerprint density at radius 2 is 1.96 bits per heavy atom. The van der Waals surface area contributed by atoms with Gasteiger partial charge in [0.15, 0.2) is 11.9 Å². The molecule has 1 aromatic heterocycles. The Balaban J connectivity index is 1.66. The predicted octanol–water partition coefficient (Wildman–Crippen LogP) is 4.24. The lowest BCUT2D eigenvalue weighted by Gasteiger charge is -2.17. The number of carbonyl (C=O) groups excluding carboxylic acids is 1. The van der Waals surface area contributed by atoms with Gasteiger partial charge in [-0.25, -0.2) is 14.1 Å². The van der Waals surface area contributed by atoms with Crippen LogP contribution in [-0.4, -0.2) is 26.8 Å². The van der Waals surface area contributed by atoms with Gasteiger partial charge in [0.05, 0.1) is 0 Å².